The van der Waals surface area contributed by atoms with E-state index in [0.717, 1.165) is 0 Å². The highest BCUT2D eigenvalue weighted by Crippen LogP contribution is 2.17. The molecule has 0 amide bonds. The lowest BCUT2D eigenvalue weighted by Crippen LogP contribution is -2.54. The van der Waals surface area contributed by atoms with Crippen molar-refractivity contribution < 1.29 is 14.9 Å². The van der Waals surface area contributed by atoms with Crippen molar-refractivity contribution in [3.63, 3.8) is 0 Å². The molecule has 0 aromatic carbocycles. The van der Waals surface area contributed by atoms with Crippen LogP contribution < -0.4 is 5.73 Å². The predicted octanol–water partition coefficient (Wildman–Crippen LogP) is -1.66. The lowest BCUT2D eigenvalue weighted by molar-refractivity contribution is -0.222. The highest BCUT2D eigenvalue weighted by atomic mass is 16.6. The van der Waals surface area contributed by atoms with Crippen LogP contribution in [0.15, 0.2) is 0 Å². The van der Waals surface area contributed by atoms with Crippen molar-refractivity contribution in [2.45, 2.75) is 31.0 Å². The van der Waals surface area contributed by atoms with Crippen LogP contribution in [0.5, 0.6) is 0 Å². The fourth-order valence-corrected chi connectivity index (χ4v) is 1.51. The van der Waals surface area contributed by atoms with Gasteiger partial charge >= 0.3 is 0 Å². The molecule has 0 saturated carbocycles. The fraction of sp³-hybridized carbons (Fsp3) is 1.00. The number of rotatable bonds is 2. The van der Waals surface area contributed by atoms with Gasteiger partial charge in [-0.25, -0.2) is 0 Å². The van der Waals surface area contributed by atoms with Crippen LogP contribution >= 0.6 is 0 Å². The van der Waals surface area contributed by atoms with E-state index >= 15 is 0 Å². The maximum absolute atomic E-state index is 9.28. The van der Waals surface area contributed by atoms with E-state index in [1.807, 2.05) is 19.0 Å². The third-order valence-corrected chi connectivity index (χ3v) is 2.17. The van der Waals surface area contributed by atoms with Crippen LogP contribution in [-0.2, 0) is 4.74 Å². The van der Waals surface area contributed by atoms with Gasteiger partial charge in [0, 0.05) is 12.6 Å². The summed E-state index contributed by atoms with van der Waals surface area (Å²) >= 11 is 0. The van der Waals surface area contributed by atoms with E-state index in [4.69, 9.17) is 10.5 Å². The largest absolute Gasteiger partial charge is 0.386 e. The Balaban J connectivity index is 2.44. The van der Waals surface area contributed by atoms with Crippen molar-refractivity contribution in [3.05, 3.63) is 0 Å². The van der Waals surface area contributed by atoms with Gasteiger partial charge in [0.25, 0.3) is 0 Å². The second kappa shape index (κ2) is 4.34. The summed E-state index contributed by atoms with van der Waals surface area (Å²) in [6.45, 7) is 0.706. The molecule has 0 aromatic heterocycles. The van der Waals surface area contributed by atoms with E-state index in [0.29, 0.717) is 13.0 Å². The molecule has 1 aliphatic heterocycles. The molecule has 0 bridgehead atoms. The summed E-state index contributed by atoms with van der Waals surface area (Å²) in [5.74, 6) is 0. The van der Waals surface area contributed by atoms with E-state index in [2.05, 4.69) is 0 Å². The number of ether oxygens (including phenoxy) is 1. The number of likely N-dealkylation sites (N-methyl/N-ethyl adjacent to an activating group) is 1. The smallest absolute Gasteiger partial charge is 0.182 e. The summed E-state index contributed by atoms with van der Waals surface area (Å²) in [7, 11) is 3.85. The molecule has 0 aromatic rings. The van der Waals surface area contributed by atoms with Gasteiger partial charge in [0.15, 0.2) is 6.29 Å². The number of aliphatic hydroxyl groups excluding tert-OH is 2. The number of nitrogens with two attached hydrogens (primary N) is 1. The van der Waals surface area contributed by atoms with Crippen molar-refractivity contribution in [1.29, 1.82) is 0 Å². The molecule has 0 radical (unpaired) electrons. The average molecular weight is 190 g/mol. The van der Waals surface area contributed by atoms with Gasteiger partial charge in [0.05, 0.1) is 6.10 Å². The summed E-state index contributed by atoms with van der Waals surface area (Å²) in [5.41, 5.74) is 5.63. The molecule has 1 rings (SSSR count). The van der Waals surface area contributed by atoms with E-state index in [-0.39, 0.29) is 6.10 Å². The standard InChI is InChI=1S/C8H18N2O3/c1-10(2)4-5-3-6(9)7(11)8(12)13-5/h5-8,11-12H,3-4,9H2,1-2H3/t5-,6?,7?,8+/m0/s1. The van der Waals surface area contributed by atoms with Crippen molar-refractivity contribution in [2.75, 3.05) is 20.6 Å². The first-order valence-electron chi connectivity index (χ1n) is 4.42. The van der Waals surface area contributed by atoms with Crippen LogP contribution in [0.2, 0.25) is 0 Å². The quantitative estimate of drug-likeness (QED) is 0.486. The zero-order valence-electron chi connectivity index (χ0n) is 8.05. The monoisotopic (exact) mass is 190 g/mol. The molecule has 2 unspecified atom stereocenters. The van der Waals surface area contributed by atoms with Crippen LogP contribution in [0.1, 0.15) is 6.42 Å². The maximum atomic E-state index is 9.28. The van der Waals surface area contributed by atoms with Gasteiger partial charge in [0.2, 0.25) is 0 Å². The molecule has 0 aliphatic carbocycles. The summed E-state index contributed by atoms with van der Waals surface area (Å²) in [5, 5.41) is 18.5. The number of nitrogens with zero attached hydrogens (tertiary/aromatic N) is 1. The lowest BCUT2D eigenvalue weighted by atomic mass is 10.0. The minimum absolute atomic E-state index is 0.0941. The van der Waals surface area contributed by atoms with Crippen LogP contribution in [0.25, 0.3) is 0 Å². The van der Waals surface area contributed by atoms with Crippen LogP contribution in [0, 0.1) is 0 Å². The van der Waals surface area contributed by atoms with Gasteiger partial charge in [-0.05, 0) is 20.5 Å². The lowest BCUT2D eigenvalue weighted by Gasteiger charge is -2.36. The van der Waals surface area contributed by atoms with Gasteiger partial charge in [-0.15, -0.1) is 0 Å². The SMILES string of the molecule is CN(C)C[C@@H]1CC(N)C(O)[C@H](O)O1. The van der Waals surface area contributed by atoms with E-state index in [9.17, 15) is 10.2 Å². The second-order valence-electron chi connectivity index (χ2n) is 3.80. The van der Waals surface area contributed by atoms with Crippen LogP contribution in [0.4, 0.5) is 0 Å². The van der Waals surface area contributed by atoms with Crippen LogP contribution in [-0.4, -0.2) is 60.3 Å². The molecule has 5 heteroatoms. The summed E-state index contributed by atoms with van der Waals surface area (Å²) < 4.78 is 5.16. The highest BCUT2D eigenvalue weighted by Gasteiger charge is 2.34. The topological polar surface area (TPSA) is 79.0 Å². The van der Waals surface area contributed by atoms with Gasteiger partial charge < -0.3 is 25.6 Å². The van der Waals surface area contributed by atoms with Crippen molar-refractivity contribution in [2.24, 2.45) is 5.73 Å². The van der Waals surface area contributed by atoms with Gasteiger partial charge in [-0.1, -0.05) is 0 Å². The Morgan fingerprint density at radius 2 is 2.08 bits per heavy atom. The van der Waals surface area contributed by atoms with Gasteiger partial charge in [-0.3, -0.25) is 0 Å². The van der Waals surface area contributed by atoms with E-state index in [1.54, 1.807) is 0 Å². The maximum Gasteiger partial charge on any atom is 0.182 e. The number of hydrogen-bond acceptors (Lipinski definition) is 5. The molecular weight excluding hydrogens is 172 g/mol. The highest BCUT2D eigenvalue weighted by molar-refractivity contribution is 4.84. The van der Waals surface area contributed by atoms with Gasteiger partial charge in [0.1, 0.15) is 6.10 Å². The molecule has 1 aliphatic rings. The summed E-state index contributed by atoms with van der Waals surface area (Å²) in [6, 6.07) is -0.395. The van der Waals surface area contributed by atoms with Crippen molar-refractivity contribution in [1.82, 2.24) is 4.90 Å². The zero-order valence-corrected chi connectivity index (χ0v) is 8.05. The van der Waals surface area contributed by atoms with Gasteiger partial charge in [-0.2, -0.15) is 0 Å². The first-order chi connectivity index (χ1) is 6.00. The minimum atomic E-state index is -1.14. The first-order valence-corrected chi connectivity index (χ1v) is 4.42. The Morgan fingerprint density at radius 1 is 1.46 bits per heavy atom. The van der Waals surface area contributed by atoms with E-state index in [1.165, 1.54) is 0 Å². The molecule has 5 nitrogen and oxygen atoms in total. The van der Waals surface area contributed by atoms with Crippen molar-refractivity contribution >= 4 is 0 Å². The van der Waals surface area contributed by atoms with Crippen LogP contribution in [0.3, 0.4) is 0 Å². The Morgan fingerprint density at radius 3 is 2.54 bits per heavy atom. The first kappa shape index (κ1) is 10.9. The predicted molar refractivity (Wildman–Crippen MR) is 48.0 cm³/mol. The zero-order chi connectivity index (χ0) is 10.0. The average Bonchev–Trinajstić information content (AvgIpc) is 1.98. The molecule has 1 heterocycles. The fourth-order valence-electron chi connectivity index (χ4n) is 1.51. The molecule has 4 atom stereocenters. The second-order valence-corrected chi connectivity index (χ2v) is 3.80. The Bertz CT molecular complexity index is 153. The molecule has 1 fully saturated rings. The Labute approximate surface area is 78.1 Å². The number of hydrogen-bond donors (Lipinski definition) is 3. The molecule has 13 heavy (non-hydrogen) atoms. The molecule has 1 saturated heterocycles. The van der Waals surface area contributed by atoms with E-state index < -0.39 is 18.4 Å². The normalized spacial score (nSPS) is 41.1. The Hall–Kier alpha value is -0.200. The third kappa shape index (κ3) is 2.89. The number of aliphatic hydroxyl groups is 2. The third-order valence-electron chi connectivity index (χ3n) is 2.17. The van der Waals surface area contributed by atoms with Crippen molar-refractivity contribution in [3.8, 4) is 0 Å². The summed E-state index contributed by atoms with van der Waals surface area (Å²) in [4.78, 5) is 1.96. The Kier molecular flexibility index (Phi) is 3.63. The molecule has 4 N–H and O–H groups in total. The molecule has 78 valence electrons. The molecule has 0 spiro atoms. The molecular formula is C8H18N2O3. The summed E-state index contributed by atoms with van der Waals surface area (Å²) in [6.07, 6.45) is -1.62. The minimum Gasteiger partial charge on any atom is -0.386 e.